The highest BCUT2D eigenvalue weighted by molar-refractivity contribution is 5.48. The second-order valence-electron chi connectivity index (χ2n) is 3.64. The van der Waals surface area contributed by atoms with Crippen molar-refractivity contribution in [2.24, 2.45) is 0 Å². The molecule has 2 heteroatoms. The van der Waals surface area contributed by atoms with E-state index < -0.39 is 0 Å². The third-order valence-electron chi connectivity index (χ3n) is 2.33. The molecular formula is C12H13N2. The quantitative estimate of drug-likeness (QED) is 0.667. The van der Waals surface area contributed by atoms with Gasteiger partial charge in [-0.2, -0.15) is 0 Å². The smallest absolute Gasteiger partial charge is 0.181 e. The molecule has 0 aliphatic rings. The van der Waals surface area contributed by atoms with Crippen molar-refractivity contribution in [2.75, 3.05) is 0 Å². The van der Waals surface area contributed by atoms with E-state index in [1.807, 2.05) is 10.8 Å². The summed E-state index contributed by atoms with van der Waals surface area (Å²) < 4.78 is 1.93. The van der Waals surface area contributed by atoms with Crippen LogP contribution in [0, 0.1) is 27.1 Å². The van der Waals surface area contributed by atoms with E-state index in [4.69, 9.17) is 0 Å². The first-order valence-corrected chi connectivity index (χ1v) is 4.68. The van der Waals surface area contributed by atoms with Crippen molar-refractivity contribution in [3.63, 3.8) is 0 Å². The van der Waals surface area contributed by atoms with Crippen molar-refractivity contribution in [2.45, 2.75) is 20.8 Å². The summed E-state index contributed by atoms with van der Waals surface area (Å²) in [7, 11) is 0. The lowest BCUT2D eigenvalue weighted by molar-refractivity contribution is 1.01. The van der Waals surface area contributed by atoms with Crippen molar-refractivity contribution >= 4 is 0 Å². The number of rotatable bonds is 1. The Balaban J connectivity index is 2.64. The largest absolute Gasteiger partial charge is 0.297 e. The summed E-state index contributed by atoms with van der Waals surface area (Å²) in [6.45, 7) is 6.34. The molecule has 1 radical (unpaired) electrons. The highest BCUT2D eigenvalue weighted by Crippen LogP contribution is 2.19. The van der Waals surface area contributed by atoms with Crippen LogP contribution in [0.4, 0.5) is 0 Å². The SMILES string of the molecule is Cc1cc(C)c(-n2[c]ncc2)c(C)c1. The van der Waals surface area contributed by atoms with E-state index in [9.17, 15) is 0 Å². The van der Waals surface area contributed by atoms with E-state index in [2.05, 4.69) is 44.2 Å². The van der Waals surface area contributed by atoms with Gasteiger partial charge in [0.25, 0.3) is 0 Å². The fourth-order valence-electron chi connectivity index (χ4n) is 1.91. The van der Waals surface area contributed by atoms with Crippen LogP contribution in [-0.2, 0) is 0 Å². The predicted octanol–water partition coefficient (Wildman–Crippen LogP) is 2.60. The highest BCUT2D eigenvalue weighted by atomic mass is 15.0. The molecule has 0 N–H and O–H groups in total. The number of hydrogen-bond donors (Lipinski definition) is 0. The van der Waals surface area contributed by atoms with Crippen LogP contribution in [0.2, 0.25) is 0 Å². The van der Waals surface area contributed by atoms with Crippen molar-refractivity contribution in [1.82, 2.24) is 9.55 Å². The Morgan fingerprint density at radius 1 is 1.14 bits per heavy atom. The summed E-state index contributed by atoms with van der Waals surface area (Å²) in [6.07, 6.45) is 6.59. The number of nitrogens with zero attached hydrogens (tertiary/aromatic N) is 2. The van der Waals surface area contributed by atoms with Crippen molar-refractivity contribution in [3.05, 3.63) is 47.5 Å². The van der Waals surface area contributed by atoms with Crippen molar-refractivity contribution < 1.29 is 0 Å². The molecule has 0 bridgehead atoms. The Morgan fingerprint density at radius 2 is 1.79 bits per heavy atom. The summed E-state index contributed by atoms with van der Waals surface area (Å²) in [5.41, 5.74) is 5.01. The Labute approximate surface area is 84.2 Å². The molecule has 0 amide bonds. The molecule has 0 aliphatic heterocycles. The average molecular weight is 185 g/mol. The van der Waals surface area contributed by atoms with Crippen LogP contribution in [0.25, 0.3) is 5.69 Å². The van der Waals surface area contributed by atoms with E-state index in [1.165, 1.54) is 22.4 Å². The Morgan fingerprint density at radius 3 is 2.29 bits per heavy atom. The average Bonchev–Trinajstić information content (AvgIpc) is 2.54. The van der Waals surface area contributed by atoms with Gasteiger partial charge in [-0.1, -0.05) is 17.7 Å². The summed E-state index contributed by atoms with van der Waals surface area (Å²) in [6, 6.07) is 4.35. The predicted molar refractivity (Wildman–Crippen MR) is 56.6 cm³/mol. The molecule has 0 spiro atoms. The maximum Gasteiger partial charge on any atom is 0.181 e. The molecular weight excluding hydrogens is 172 g/mol. The third kappa shape index (κ3) is 1.43. The summed E-state index contributed by atoms with van der Waals surface area (Å²) in [5, 5.41) is 0. The monoisotopic (exact) mass is 185 g/mol. The van der Waals surface area contributed by atoms with E-state index in [0.29, 0.717) is 0 Å². The van der Waals surface area contributed by atoms with Gasteiger partial charge in [-0.05, 0) is 31.9 Å². The second-order valence-corrected chi connectivity index (χ2v) is 3.64. The minimum Gasteiger partial charge on any atom is -0.297 e. The molecule has 0 saturated heterocycles. The van der Waals surface area contributed by atoms with Gasteiger partial charge in [0.2, 0.25) is 0 Å². The number of aromatic nitrogens is 2. The molecule has 14 heavy (non-hydrogen) atoms. The van der Waals surface area contributed by atoms with Crippen molar-refractivity contribution in [3.8, 4) is 5.69 Å². The topological polar surface area (TPSA) is 17.8 Å². The van der Waals surface area contributed by atoms with Gasteiger partial charge in [-0.25, -0.2) is 4.98 Å². The first-order chi connectivity index (χ1) is 6.68. The first kappa shape index (κ1) is 9.00. The molecule has 0 fully saturated rings. The minimum absolute atomic E-state index is 1.19. The second kappa shape index (κ2) is 3.29. The van der Waals surface area contributed by atoms with E-state index in [0.717, 1.165) is 0 Å². The molecule has 2 rings (SSSR count). The fraction of sp³-hybridized carbons (Fsp3) is 0.250. The minimum atomic E-state index is 1.19. The lowest BCUT2D eigenvalue weighted by Crippen LogP contribution is -1.98. The van der Waals surface area contributed by atoms with Gasteiger partial charge in [0.15, 0.2) is 6.33 Å². The van der Waals surface area contributed by atoms with Gasteiger partial charge < -0.3 is 0 Å². The van der Waals surface area contributed by atoms with Gasteiger partial charge in [-0.3, -0.25) is 4.57 Å². The van der Waals surface area contributed by atoms with Gasteiger partial charge in [0.05, 0.1) is 5.69 Å². The zero-order valence-corrected chi connectivity index (χ0v) is 8.70. The number of aryl methyl sites for hydroxylation is 3. The Hall–Kier alpha value is -1.57. The molecule has 71 valence electrons. The zero-order chi connectivity index (χ0) is 10.1. The Kier molecular flexibility index (Phi) is 2.12. The lowest BCUT2D eigenvalue weighted by atomic mass is 10.1. The van der Waals surface area contributed by atoms with Gasteiger partial charge in [-0.15, -0.1) is 0 Å². The van der Waals surface area contributed by atoms with Gasteiger partial charge in [0, 0.05) is 12.4 Å². The lowest BCUT2D eigenvalue weighted by Gasteiger charge is -2.11. The van der Waals surface area contributed by atoms with Gasteiger partial charge in [0.1, 0.15) is 0 Å². The van der Waals surface area contributed by atoms with Crippen molar-refractivity contribution in [1.29, 1.82) is 0 Å². The van der Waals surface area contributed by atoms with E-state index in [1.54, 1.807) is 6.20 Å². The first-order valence-electron chi connectivity index (χ1n) is 4.68. The normalized spacial score (nSPS) is 10.5. The molecule has 2 nitrogen and oxygen atoms in total. The van der Waals surface area contributed by atoms with Crippen LogP contribution in [-0.4, -0.2) is 9.55 Å². The molecule has 0 saturated carbocycles. The molecule has 2 aromatic rings. The Bertz CT molecular complexity index is 418. The number of imidazole rings is 1. The van der Waals surface area contributed by atoms with E-state index >= 15 is 0 Å². The van der Waals surface area contributed by atoms with Crippen LogP contribution >= 0.6 is 0 Å². The number of hydrogen-bond acceptors (Lipinski definition) is 1. The highest BCUT2D eigenvalue weighted by Gasteiger charge is 2.05. The van der Waals surface area contributed by atoms with Crippen LogP contribution < -0.4 is 0 Å². The molecule has 0 aliphatic carbocycles. The maximum atomic E-state index is 3.94. The molecule has 0 atom stereocenters. The zero-order valence-electron chi connectivity index (χ0n) is 8.70. The summed E-state index contributed by atoms with van der Waals surface area (Å²) in [4.78, 5) is 3.94. The van der Waals surface area contributed by atoms with Gasteiger partial charge >= 0.3 is 0 Å². The fourth-order valence-corrected chi connectivity index (χ4v) is 1.91. The van der Waals surface area contributed by atoms with Crippen LogP contribution in [0.15, 0.2) is 24.5 Å². The summed E-state index contributed by atoms with van der Waals surface area (Å²) in [5.74, 6) is 0. The molecule has 1 aromatic heterocycles. The van der Waals surface area contributed by atoms with Crippen LogP contribution in [0.1, 0.15) is 16.7 Å². The molecule has 1 aromatic carbocycles. The van der Waals surface area contributed by atoms with E-state index in [-0.39, 0.29) is 0 Å². The standard InChI is InChI=1S/C12H13N2/c1-9-6-10(2)12(11(3)7-9)14-5-4-13-8-14/h4-7H,1-3H3. The van der Waals surface area contributed by atoms with Crippen LogP contribution in [0.3, 0.4) is 0 Å². The number of benzene rings is 1. The molecule has 0 unspecified atom stereocenters. The summed E-state index contributed by atoms with van der Waals surface area (Å²) >= 11 is 0. The maximum absolute atomic E-state index is 3.94. The van der Waals surface area contributed by atoms with Crippen LogP contribution in [0.5, 0.6) is 0 Å². The third-order valence-corrected chi connectivity index (χ3v) is 2.33. The molecule has 1 heterocycles.